The van der Waals surface area contributed by atoms with Crippen LogP contribution in [-0.4, -0.2) is 39.6 Å². The second-order valence-corrected chi connectivity index (χ2v) is 4.66. The fraction of sp³-hybridized carbons (Fsp3) is 0.700. The van der Waals surface area contributed by atoms with Gasteiger partial charge >= 0.3 is 5.97 Å². The summed E-state index contributed by atoms with van der Waals surface area (Å²) in [6.07, 6.45) is 0.254. The third-order valence-electron chi connectivity index (χ3n) is 2.30. The van der Waals surface area contributed by atoms with Gasteiger partial charge in [-0.1, -0.05) is 13.8 Å². The maximum absolute atomic E-state index is 11.8. The van der Waals surface area contributed by atoms with Crippen molar-refractivity contribution in [3.8, 4) is 0 Å². The van der Waals surface area contributed by atoms with Crippen LogP contribution in [0, 0.1) is 5.92 Å². The summed E-state index contributed by atoms with van der Waals surface area (Å²) in [6, 6.07) is -0.470. The zero-order valence-electron chi connectivity index (χ0n) is 9.40. The smallest absolute Gasteiger partial charge is 0.303 e. The first-order chi connectivity index (χ1) is 7.41. The molecule has 0 saturated carbocycles. The Kier molecular flexibility index (Phi) is 4.23. The van der Waals surface area contributed by atoms with E-state index in [1.807, 2.05) is 13.8 Å². The Balaban J connectivity index is 2.56. The molecule has 1 aliphatic heterocycles. The number of nitrogens with zero attached hydrogens (tertiary/aromatic N) is 1. The van der Waals surface area contributed by atoms with Crippen molar-refractivity contribution in [1.82, 2.24) is 10.2 Å². The van der Waals surface area contributed by atoms with Gasteiger partial charge in [0.1, 0.15) is 6.04 Å². The summed E-state index contributed by atoms with van der Waals surface area (Å²) < 4.78 is 0. The molecule has 1 aliphatic rings. The van der Waals surface area contributed by atoms with Crippen LogP contribution in [0.15, 0.2) is 0 Å². The van der Waals surface area contributed by atoms with Crippen molar-refractivity contribution in [3.63, 3.8) is 0 Å². The predicted molar refractivity (Wildman–Crippen MR) is 62.9 cm³/mol. The molecule has 0 aliphatic carbocycles. The zero-order valence-corrected chi connectivity index (χ0v) is 10.2. The van der Waals surface area contributed by atoms with Gasteiger partial charge in [0.25, 0.3) is 5.91 Å². The van der Waals surface area contributed by atoms with Gasteiger partial charge in [-0.25, -0.2) is 0 Å². The molecule has 0 aromatic carbocycles. The van der Waals surface area contributed by atoms with Gasteiger partial charge in [-0.05, 0) is 24.6 Å². The largest absolute Gasteiger partial charge is 0.481 e. The van der Waals surface area contributed by atoms with Gasteiger partial charge in [-0.3, -0.25) is 14.5 Å². The Morgan fingerprint density at radius 1 is 1.62 bits per heavy atom. The lowest BCUT2D eigenvalue weighted by Crippen LogP contribution is -2.34. The quantitative estimate of drug-likeness (QED) is 0.693. The molecule has 0 unspecified atom stereocenters. The summed E-state index contributed by atoms with van der Waals surface area (Å²) in [5, 5.41) is 11.8. The maximum Gasteiger partial charge on any atom is 0.303 e. The van der Waals surface area contributed by atoms with Crippen LogP contribution in [0.5, 0.6) is 0 Å². The van der Waals surface area contributed by atoms with Crippen molar-refractivity contribution in [2.24, 2.45) is 5.92 Å². The molecule has 0 radical (unpaired) electrons. The van der Waals surface area contributed by atoms with Crippen molar-refractivity contribution in [1.29, 1.82) is 0 Å². The van der Waals surface area contributed by atoms with Crippen LogP contribution in [0.4, 0.5) is 0 Å². The van der Waals surface area contributed by atoms with Crippen molar-refractivity contribution in [3.05, 3.63) is 0 Å². The van der Waals surface area contributed by atoms with Crippen LogP contribution in [-0.2, 0) is 9.59 Å². The highest BCUT2D eigenvalue weighted by molar-refractivity contribution is 7.80. The molecule has 1 rings (SSSR count). The predicted octanol–water partition coefficient (Wildman–Crippen LogP) is 0.592. The van der Waals surface area contributed by atoms with E-state index in [1.165, 1.54) is 4.90 Å². The van der Waals surface area contributed by atoms with E-state index in [2.05, 4.69) is 5.32 Å². The van der Waals surface area contributed by atoms with Crippen LogP contribution < -0.4 is 5.32 Å². The minimum atomic E-state index is -0.900. The summed E-state index contributed by atoms with van der Waals surface area (Å²) in [4.78, 5) is 23.8. The van der Waals surface area contributed by atoms with E-state index in [0.717, 1.165) is 0 Å². The van der Waals surface area contributed by atoms with Crippen molar-refractivity contribution in [2.75, 3.05) is 6.54 Å². The second kappa shape index (κ2) is 5.25. The topological polar surface area (TPSA) is 69.6 Å². The average Bonchev–Trinajstić information content (AvgIpc) is 2.42. The van der Waals surface area contributed by atoms with E-state index < -0.39 is 12.0 Å². The minimum absolute atomic E-state index is 0.0263. The normalized spacial score (nSPS) is 20.4. The fourth-order valence-electron chi connectivity index (χ4n) is 1.58. The lowest BCUT2D eigenvalue weighted by molar-refractivity contribution is -0.137. The summed E-state index contributed by atoms with van der Waals surface area (Å²) in [7, 11) is 0. The number of rotatable bonds is 5. The van der Waals surface area contributed by atoms with E-state index >= 15 is 0 Å². The number of carboxylic acid groups (broad SMARTS) is 1. The molecular weight excluding hydrogens is 228 g/mol. The molecule has 16 heavy (non-hydrogen) atoms. The first-order valence-electron chi connectivity index (χ1n) is 5.25. The Morgan fingerprint density at radius 3 is 2.75 bits per heavy atom. The third kappa shape index (κ3) is 3.16. The molecule has 2 N–H and O–H groups in total. The SMILES string of the molecule is CC(C)CN1C(=O)[C@@H](CCC(=O)O)NC1=S. The molecule has 0 aromatic heterocycles. The Bertz CT molecular complexity index is 317. The van der Waals surface area contributed by atoms with E-state index in [4.69, 9.17) is 17.3 Å². The highest BCUT2D eigenvalue weighted by Crippen LogP contribution is 2.13. The molecule has 5 nitrogen and oxygen atoms in total. The Hall–Kier alpha value is -1.17. The molecule has 1 fully saturated rings. The number of carbonyl (C=O) groups is 2. The lowest BCUT2D eigenvalue weighted by Gasteiger charge is -2.16. The van der Waals surface area contributed by atoms with Gasteiger partial charge in [0.15, 0.2) is 5.11 Å². The number of hydrogen-bond acceptors (Lipinski definition) is 3. The van der Waals surface area contributed by atoms with Gasteiger partial charge in [0.05, 0.1) is 0 Å². The number of amides is 1. The molecular formula is C10H16N2O3S. The van der Waals surface area contributed by atoms with E-state index in [9.17, 15) is 9.59 Å². The van der Waals surface area contributed by atoms with Crippen LogP contribution >= 0.6 is 12.2 Å². The number of carboxylic acids is 1. The third-order valence-corrected chi connectivity index (χ3v) is 2.64. The molecule has 1 saturated heterocycles. The zero-order chi connectivity index (χ0) is 12.3. The molecule has 1 atom stereocenters. The molecule has 0 spiro atoms. The van der Waals surface area contributed by atoms with Gasteiger partial charge in [0.2, 0.25) is 0 Å². The Morgan fingerprint density at radius 2 is 2.25 bits per heavy atom. The molecule has 1 heterocycles. The number of carbonyl (C=O) groups excluding carboxylic acids is 1. The van der Waals surface area contributed by atoms with Gasteiger partial charge in [-0.2, -0.15) is 0 Å². The van der Waals surface area contributed by atoms with Gasteiger partial charge in [0, 0.05) is 13.0 Å². The van der Waals surface area contributed by atoms with E-state index in [-0.39, 0.29) is 18.7 Å². The average molecular weight is 244 g/mol. The summed E-state index contributed by atoms with van der Waals surface area (Å²) in [5.41, 5.74) is 0. The molecule has 0 aromatic rings. The van der Waals surface area contributed by atoms with Crippen LogP contribution in [0.1, 0.15) is 26.7 Å². The maximum atomic E-state index is 11.8. The van der Waals surface area contributed by atoms with Crippen LogP contribution in [0.2, 0.25) is 0 Å². The highest BCUT2D eigenvalue weighted by Gasteiger charge is 2.35. The number of hydrogen-bond donors (Lipinski definition) is 2. The van der Waals surface area contributed by atoms with Crippen molar-refractivity contribution < 1.29 is 14.7 Å². The van der Waals surface area contributed by atoms with E-state index in [1.54, 1.807) is 0 Å². The van der Waals surface area contributed by atoms with Gasteiger partial charge < -0.3 is 10.4 Å². The Labute approximate surface area is 99.8 Å². The number of nitrogens with one attached hydrogen (secondary N) is 1. The lowest BCUT2D eigenvalue weighted by atomic mass is 10.1. The molecule has 1 amide bonds. The molecule has 6 heteroatoms. The number of thiocarbonyl (C=S) groups is 1. The van der Waals surface area contributed by atoms with Gasteiger partial charge in [-0.15, -0.1) is 0 Å². The van der Waals surface area contributed by atoms with E-state index in [0.29, 0.717) is 17.6 Å². The summed E-state index contributed by atoms with van der Waals surface area (Å²) in [5.74, 6) is -0.676. The number of aliphatic carboxylic acids is 1. The second-order valence-electron chi connectivity index (χ2n) is 4.28. The van der Waals surface area contributed by atoms with Crippen LogP contribution in [0.3, 0.4) is 0 Å². The fourth-order valence-corrected chi connectivity index (χ4v) is 1.89. The van der Waals surface area contributed by atoms with Crippen molar-refractivity contribution >= 4 is 29.2 Å². The molecule has 0 bridgehead atoms. The molecule has 90 valence electrons. The minimum Gasteiger partial charge on any atom is -0.481 e. The standard InChI is InChI=1S/C10H16N2O3S/c1-6(2)5-12-9(15)7(11-10(12)16)3-4-8(13)14/h6-7H,3-5H2,1-2H3,(H,11,16)(H,13,14)/t7-/m1/s1. The first-order valence-corrected chi connectivity index (χ1v) is 5.66. The summed E-state index contributed by atoms with van der Waals surface area (Å²) in [6.45, 7) is 4.58. The highest BCUT2D eigenvalue weighted by atomic mass is 32.1. The monoisotopic (exact) mass is 244 g/mol. The van der Waals surface area contributed by atoms with Crippen molar-refractivity contribution in [2.45, 2.75) is 32.7 Å². The van der Waals surface area contributed by atoms with Crippen LogP contribution in [0.25, 0.3) is 0 Å². The summed E-state index contributed by atoms with van der Waals surface area (Å²) >= 11 is 5.04. The first kappa shape index (κ1) is 12.9.